The van der Waals surface area contributed by atoms with E-state index in [1.54, 1.807) is 0 Å². The third-order valence-electron chi connectivity index (χ3n) is 3.20. The normalized spacial score (nSPS) is 27.9. The van der Waals surface area contributed by atoms with Crippen LogP contribution in [0.1, 0.15) is 27.2 Å². The highest BCUT2D eigenvalue weighted by Gasteiger charge is 2.28. The van der Waals surface area contributed by atoms with Crippen LogP contribution in [0.15, 0.2) is 0 Å². The predicted molar refractivity (Wildman–Crippen MR) is 65.6 cm³/mol. The topological polar surface area (TPSA) is 44.7 Å². The van der Waals surface area contributed by atoms with E-state index in [0.717, 1.165) is 19.6 Å². The molecule has 0 aliphatic carbocycles. The zero-order chi connectivity index (χ0) is 12.1. The average Bonchev–Trinajstić information content (AvgIpc) is 2.62. The van der Waals surface area contributed by atoms with E-state index in [4.69, 9.17) is 4.74 Å². The molecule has 96 valence electrons. The quantitative estimate of drug-likeness (QED) is 0.695. The lowest BCUT2D eigenvalue weighted by Gasteiger charge is -2.31. The molecular formula is C12H26N2O2. The summed E-state index contributed by atoms with van der Waals surface area (Å²) in [6.45, 7) is 8.24. The summed E-state index contributed by atoms with van der Waals surface area (Å²) in [7, 11) is 2.11. The second-order valence-electron chi connectivity index (χ2n) is 5.07. The molecule has 2 N–H and O–H groups in total. The molecule has 1 fully saturated rings. The first-order valence-electron chi connectivity index (χ1n) is 6.23. The summed E-state index contributed by atoms with van der Waals surface area (Å²) in [6, 6.07) is 1.05. The molecule has 0 bridgehead atoms. The van der Waals surface area contributed by atoms with Crippen LogP contribution in [0.2, 0.25) is 0 Å². The van der Waals surface area contributed by atoms with Crippen molar-refractivity contribution < 1.29 is 9.84 Å². The molecule has 3 atom stereocenters. The van der Waals surface area contributed by atoms with Crippen molar-refractivity contribution in [1.29, 1.82) is 0 Å². The minimum Gasteiger partial charge on any atom is -0.395 e. The Balaban J connectivity index is 2.38. The monoisotopic (exact) mass is 230 g/mol. The van der Waals surface area contributed by atoms with E-state index >= 15 is 0 Å². The van der Waals surface area contributed by atoms with Crippen LogP contribution in [0.4, 0.5) is 0 Å². The number of likely N-dealkylation sites (N-methyl/N-ethyl adjacent to an activating group) is 1. The number of aliphatic hydroxyl groups is 1. The van der Waals surface area contributed by atoms with Crippen LogP contribution in [0.3, 0.4) is 0 Å². The molecule has 0 aromatic carbocycles. The SMILES string of the molecule is CC(C)NC(CO)CN(C)C1CCOC1C. The first-order valence-corrected chi connectivity index (χ1v) is 6.23. The van der Waals surface area contributed by atoms with Gasteiger partial charge in [-0.3, -0.25) is 4.90 Å². The van der Waals surface area contributed by atoms with Crippen molar-refractivity contribution in [3.05, 3.63) is 0 Å². The van der Waals surface area contributed by atoms with Crippen molar-refractivity contribution in [1.82, 2.24) is 10.2 Å². The number of aliphatic hydroxyl groups excluding tert-OH is 1. The Morgan fingerprint density at radius 3 is 2.62 bits per heavy atom. The first-order chi connectivity index (χ1) is 7.54. The Bertz CT molecular complexity index is 199. The number of nitrogens with one attached hydrogen (secondary N) is 1. The Hall–Kier alpha value is -0.160. The van der Waals surface area contributed by atoms with Crippen LogP contribution in [-0.2, 0) is 4.74 Å². The highest BCUT2D eigenvalue weighted by molar-refractivity contribution is 4.83. The zero-order valence-corrected chi connectivity index (χ0v) is 10.9. The molecule has 1 heterocycles. The molecule has 1 aliphatic rings. The van der Waals surface area contributed by atoms with Gasteiger partial charge in [-0.25, -0.2) is 0 Å². The number of hydrogen-bond acceptors (Lipinski definition) is 4. The standard InChI is InChI=1S/C12H26N2O2/c1-9(2)13-11(8-15)7-14(4)12-5-6-16-10(12)3/h9-13,15H,5-8H2,1-4H3. The molecule has 0 amide bonds. The van der Waals surface area contributed by atoms with Gasteiger partial charge in [-0.1, -0.05) is 13.8 Å². The summed E-state index contributed by atoms with van der Waals surface area (Å²) in [5.74, 6) is 0. The van der Waals surface area contributed by atoms with Crippen LogP contribution in [-0.4, -0.2) is 61.0 Å². The van der Waals surface area contributed by atoms with Gasteiger partial charge in [0.2, 0.25) is 0 Å². The van der Waals surface area contributed by atoms with Crippen molar-refractivity contribution in [2.75, 3.05) is 26.8 Å². The number of hydrogen-bond donors (Lipinski definition) is 2. The van der Waals surface area contributed by atoms with Crippen LogP contribution in [0.5, 0.6) is 0 Å². The van der Waals surface area contributed by atoms with Gasteiger partial charge in [0, 0.05) is 31.3 Å². The number of rotatable bonds is 6. The maximum absolute atomic E-state index is 9.31. The van der Waals surface area contributed by atoms with Crippen LogP contribution >= 0.6 is 0 Å². The van der Waals surface area contributed by atoms with Crippen molar-refractivity contribution in [2.45, 2.75) is 51.4 Å². The minimum absolute atomic E-state index is 0.151. The molecule has 4 nitrogen and oxygen atoms in total. The Kier molecular flexibility index (Phi) is 5.69. The van der Waals surface area contributed by atoms with E-state index in [9.17, 15) is 5.11 Å². The summed E-state index contributed by atoms with van der Waals surface area (Å²) in [5.41, 5.74) is 0. The molecule has 1 rings (SSSR count). The van der Waals surface area contributed by atoms with Gasteiger partial charge in [-0.15, -0.1) is 0 Å². The average molecular weight is 230 g/mol. The molecule has 4 heteroatoms. The lowest BCUT2D eigenvalue weighted by Crippen LogP contribution is -2.49. The van der Waals surface area contributed by atoms with E-state index in [0.29, 0.717) is 18.2 Å². The molecule has 0 aromatic rings. The number of ether oxygens (including phenoxy) is 1. The summed E-state index contributed by atoms with van der Waals surface area (Å²) in [5, 5.41) is 12.7. The van der Waals surface area contributed by atoms with Gasteiger partial charge in [0.05, 0.1) is 12.7 Å². The highest BCUT2D eigenvalue weighted by atomic mass is 16.5. The van der Waals surface area contributed by atoms with Crippen LogP contribution in [0, 0.1) is 0 Å². The van der Waals surface area contributed by atoms with E-state index < -0.39 is 0 Å². The van der Waals surface area contributed by atoms with Crippen molar-refractivity contribution >= 4 is 0 Å². The van der Waals surface area contributed by atoms with E-state index in [-0.39, 0.29) is 12.6 Å². The van der Waals surface area contributed by atoms with E-state index in [1.807, 2.05) is 0 Å². The van der Waals surface area contributed by atoms with Gasteiger partial charge in [0.25, 0.3) is 0 Å². The van der Waals surface area contributed by atoms with Crippen molar-refractivity contribution in [2.24, 2.45) is 0 Å². The highest BCUT2D eigenvalue weighted by Crippen LogP contribution is 2.18. The molecule has 0 spiro atoms. The fraction of sp³-hybridized carbons (Fsp3) is 1.00. The second-order valence-corrected chi connectivity index (χ2v) is 5.07. The molecule has 1 saturated heterocycles. The largest absolute Gasteiger partial charge is 0.395 e. The summed E-state index contributed by atoms with van der Waals surface area (Å²) >= 11 is 0. The van der Waals surface area contributed by atoms with E-state index in [2.05, 4.69) is 38.0 Å². The fourth-order valence-corrected chi connectivity index (χ4v) is 2.42. The summed E-state index contributed by atoms with van der Waals surface area (Å²) in [4.78, 5) is 2.30. The smallest absolute Gasteiger partial charge is 0.0702 e. The number of nitrogens with zero attached hydrogens (tertiary/aromatic N) is 1. The molecule has 0 radical (unpaired) electrons. The molecule has 3 unspecified atom stereocenters. The first kappa shape index (κ1) is 13.9. The van der Waals surface area contributed by atoms with Crippen LogP contribution in [0.25, 0.3) is 0 Å². The lowest BCUT2D eigenvalue weighted by molar-refractivity contribution is 0.0756. The fourth-order valence-electron chi connectivity index (χ4n) is 2.42. The lowest BCUT2D eigenvalue weighted by atomic mass is 10.1. The van der Waals surface area contributed by atoms with E-state index in [1.165, 1.54) is 0 Å². The molecular weight excluding hydrogens is 204 g/mol. The van der Waals surface area contributed by atoms with Gasteiger partial charge in [-0.05, 0) is 20.4 Å². The van der Waals surface area contributed by atoms with Crippen molar-refractivity contribution in [3.8, 4) is 0 Å². The van der Waals surface area contributed by atoms with Gasteiger partial charge in [-0.2, -0.15) is 0 Å². The minimum atomic E-state index is 0.151. The summed E-state index contributed by atoms with van der Waals surface area (Å²) in [6.07, 6.45) is 1.40. The summed E-state index contributed by atoms with van der Waals surface area (Å²) < 4.78 is 5.56. The predicted octanol–water partition coefficient (Wildman–Crippen LogP) is 0.455. The Morgan fingerprint density at radius 1 is 1.50 bits per heavy atom. The van der Waals surface area contributed by atoms with Crippen LogP contribution < -0.4 is 5.32 Å². The van der Waals surface area contributed by atoms with Gasteiger partial charge in [0.15, 0.2) is 0 Å². The van der Waals surface area contributed by atoms with Crippen molar-refractivity contribution in [3.63, 3.8) is 0 Å². The molecule has 1 aliphatic heterocycles. The maximum Gasteiger partial charge on any atom is 0.0702 e. The molecule has 16 heavy (non-hydrogen) atoms. The Labute approximate surface area is 99.0 Å². The molecule has 0 aromatic heterocycles. The third-order valence-corrected chi connectivity index (χ3v) is 3.20. The van der Waals surface area contributed by atoms with Gasteiger partial charge >= 0.3 is 0 Å². The second kappa shape index (κ2) is 6.55. The van der Waals surface area contributed by atoms with Gasteiger partial charge in [0.1, 0.15) is 0 Å². The third kappa shape index (κ3) is 4.01. The molecule has 0 saturated carbocycles. The maximum atomic E-state index is 9.31. The Morgan fingerprint density at radius 2 is 2.19 bits per heavy atom. The van der Waals surface area contributed by atoms with Gasteiger partial charge < -0.3 is 15.2 Å². The zero-order valence-electron chi connectivity index (χ0n) is 10.9.